The fourth-order valence-corrected chi connectivity index (χ4v) is 1.48. The number of hydrogen-bond acceptors (Lipinski definition) is 7. The zero-order chi connectivity index (χ0) is 12.8. The van der Waals surface area contributed by atoms with E-state index in [0.29, 0.717) is 12.4 Å². The predicted octanol–water partition coefficient (Wildman–Crippen LogP) is 1.60. The van der Waals surface area contributed by atoms with E-state index in [1.54, 1.807) is 0 Å². The first-order chi connectivity index (χ1) is 8.81. The van der Waals surface area contributed by atoms with E-state index in [0.717, 1.165) is 30.2 Å². The minimum atomic E-state index is 0.474. The van der Waals surface area contributed by atoms with E-state index in [1.807, 2.05) is 6.92 Å². The van der Waals surface area contributed by atoms with Gasteiger partial charge < -0.3 is 15.2 Å². The standard InChI is InChI=1S/C11H16N6O/c1-3-4-12-10-8(2)11(15-6-14-10)13-5-9-16-7-18-17-9/h6-7H,3-5H2,1-2H3,(H2,12,13,14,15). The molecule has 0 aliphatic carbocycles. The van der Waals surface area contributed by atoms with Gasteiger partial charge in [0.2, 0.25) is 6.39 Å². The van der Waals surface area contributed by atoms with Crippen molar-refractivity contribution in [2.45, 2.75) is 26.8 Å². The van der Waals surface area contributed by atoms with Gasteiger partial charge in [-0.1, -0.05) is 12.1 Å². The molecule has 96 valence electrons. The molecular formula is C11H16N6O. The van der Waals surface area contributed by atoms with Gasteiger partial charge in [0.1, 0.15) is 18.0 Å². The maximum Gasteiger partial charge on any atom is 0.213 e. The summed E-state index contributed by atoms with van der Waals surface area (Å²) in [5, 5.41) is 10.1. The summed E-state index contributed by atoms with van der Waals surface area (Å²) >= 11 is 0. The number of nitrogens with one attached hydrogen (secondary N) is 2. The van der Waals surface area contributed by atoms with Crippen LogP contribution in [0, 0.1) is 6.92 Å². The van der Waals surface area contributed by atoms with Crippen molar-refractivity contribution in [3.8, 4) is 0 Å². The number of aromatic nitrogens is 4. The van der Waals surface area contributed by atoms with Gasteiger partial charge in [0, 0.05) is 12.1 Å². The van der Waals surface area contributed by atoms with Crippen LogP contribution in [-0.4, -0.2) is 26.7 Å². The van der Waals surface area contributed by atoms with Crippen molar-refractivity contribution in [3.63, 3.8) is 0 Å². The monoisotopic (exact) mass is 248 g/mol. The molecule has 0 radical (unpaired) electrons. The number of nitrogens with zero attached hydrogens (tertiary/aromatic N) is 4. The first-order valence-corrected chi connectivity index (χ1v) is 5.86. The van der Waals surface area contributed by atoms with Crippen LogP contribution in [0.25, 0.3) is 0 Å². The van der Waals surface area contributed by atoms with Gasteiger partial charge in [0.05, 0.1) is 6.54 Å². The summed E-state index contributed by atoms with van der Waals surface area (Å²) in [6.07, 6.45) is 3.89. The first-order valence-electron chi connectivity index (χ1n) is 5.86. The van der Waals surface area contributed by atoms with Crippen LogP contribution >= 0.6 is 0 Å². The molecule has 0 amide bonds. The third-order valence-electron chi connectivity index (χ3n) is 2.45. The van der Waals surface area contributed by atoms with Crippen LogP contribution in [0.1, 0.15) is 24.7 Å². The van der Waals surface area contributed by atoms with E-state index >= 15 is 0 Å². The molecule has 2 rings (SSSR count). The average molecular weight is 248 g/mol. The molecule has 0 aliphatic rings. The molecule has 0 fully saturated rings. The van der Waals surface area contributed by atoms with Gasteiger partial charge in [-0.2, -0.15) is 4.98 Å². The molecule has 2 aromatic rings. The lowest BCUT2D eigenvalue weighted by atomic mass is 10.3. The van der Waals surface area contributed by atoms with Crippen LogP contribution in [0.15, 0.2) is 17.2 Å². The van der Waals surface area contributed by atoms with Gasteiger partial charge in [-0.05, 0) is 13.3 Å². The van der Waals surface area contributed by atoms with Crippen LogP contribution in [0.4, 0.5) is 11.6 Å². The third kappa shape index (κ3) is 2.93. The van der Waals surface area contributed by atoms with E-state index < -0.39 is 0 Å². The van der Waals surface area contributed by atoms with E-state index in [4.69, 9.17) is 0 Å². The van der Waals surface area contributed by atoms with Crippen molar-refractivity contribution in [1.29, 1.82) is 0 Å². The van der Waals surface area contributed by atoms with E-state index in [2.05, 4.69) is 42.2 Å². The van der Waals surface area contributed by atoms with Crippen molar-refractivity contribution in [3.05, 3.63) is 24.1 Å². The van der Waals surface area contributed by atoms with E-state index in [1.165, 1.54) is 12.7 Å². The van der Waals surface area contributed by atoms with Gasteiger partial charge in [-0.25, -0.2) is 9.97 Å². The second-order valence-electron chi connectivity index (χ2n) is 3.82. The zero-order valence-electron chi connectivity index (χ0n) is 10.5. The summed E-state index contributed by atoms with van der Waals surface area (Å²) < 4.78 is 4.66. The lowest BCUT2D eigenvalue weighted by Gasteiger charge is -2.11. The molecule has 0 saturated heterocycles. The highest BCUT2D eigenvalue weighted by atomic mass is 16.5. The summed E-state index contributed by atoms with van der Waals surface area (Å²) in [6.45, 7) is 5.44. The number of anilines is 2. The topological polar surface area (TPSA) is 88.8 Å². The Morgan fingerprint density at radius 3 is 2.61 bits per heavy atom. The lowest BCUT2D eigenvalue weighted by Crippen LogP contribution is -2.09. The van der Waals surface area contributed by atoms with Crippen molar-refractivity contribution in [2.75, 3.05) is 17.2 Å². The normalized spacial score (nSPS) is 10.3. The summed E-state index contributed by atoms with van der Waals surface area (Å²) in [5.74, 6) is 2.21. The van der Waals surface area contributed by atoms with Crippen molar-refractivity contribution in [1.82, 2.24) is 20.1 Å². The van der Waals surface area contributed by atoms with E-state index in [9.17, 15) is 0 Å². The summed E-state index contributed by atoms with van der Waals surface area (Å²) in [5.41, 5.74) is 0.981. The molecule has 0 atom stereocenters. The Labute approximate surface area is 105 Å². The Bertz CT molecular complexity index is 484. The minimum absolute atomic E-state index is 0.474. The molecule has 18 heavy (non-hydrogen) atoms. The largest absolute Gasteiger partial charge is 0.370 e. The highest BCUT2D eigenvalue weighted by Crippen LogP contribution is 2.18. The Balaban J connectivity index is 2.03. The van der Waals surface area contributed by atoms with Gasteiger partial charge in [0.25, 0.3) is 0 Å². The average Bonchev–Trinajstić information content (AvgIpc) is 2.89. The molecule has 0 saturated carbocycles. The molecule has 0 spiro atoms. The fraction of sp³-hybridized carbons (Fsp3) is 0.455. The van der Waals surface area contributed by atoms with E-state index in [-0.39, 0.29) is 0 Å². The second-order valence-corrected chi connectivity index (χ2v) is 3.82. The molecule has 7 nitrogen and oxygen atoms in total. The molecule has 0 unspecified atom stereocenters. The lowest BCUT2D eigenvalue weighted by molar-refractivity contribution is 0.411. The predicted molar refractivity (Wildman–Crippen MR) is 67.2 cm³/mol. The van der Waals surface area contributed by atoms with Crippen LogP contribution in [0.2, 0.25) is 0 Å². The third-order valence-corrected chi connectivity index (χ3v) is 2.45. The zero-order valence-corrected chi connectivity index (χ0v) is 10.5. The number of hydrogen-bond donors (Lipinski definition) is 2. The first kappa shape index (κ1) is 12.3. The Morgan fingerprint density at radius 1 is 1.17 bits per heavy atom. The summed E-state index contributed by atoms with van der Waals surface area (Å²) in [7, 11) is 0. The smallest absolute Gasteiger partial charge is 0.213 e. The SMILES string of the molecule is CCCNc1ncnc(NCc2ncon2)c1C. The Hall–Kier alpha value is -2.18. The molecule has 2 aromatic heterocycles. The van der Waals surface area contributed by atoms with Gasteiger partial charge in [-0.15, -0.1) is 0 Å². The Morgan fingerprint density at radius 2 is 1.94 bits per heavy atom. The maximum atomic E-state index is 4.66. The number of rotatable bonds is 6. The van der Waals surface area contributed by atoms with Gasteiger partial charge >= 0.3 is 0 Å². The second kappa shape index (κ2) is 5.95. The quantitative estimate of drug-likeness (QED) is 0.802. The molecule has 0 bridgehead atoms. The fourth-order valence-electron chi connectivity index (χ4n) is 1.48. The van der Waals surface area contributed by atoms with Crippen molar-refractivity contribution < 1.29 is 4.52 Å². The van der Waals surface area contributed by atoms with Crippen LogP contribution in [0.5, 0.6) is 0 Å². The molecule has 0 aromatic carbocycles. The Kier molecular flexibility index (Phi) is 4.06. The minimum Gasteiger partial charge on any atom is -0.370 e. The molecule has 2 N–H and O–H groups in total. The highest BCUT2D eigenvalue weighted by molar-refractivity contribution is 5.56. The maximum absolute atomic E-state index is 4.66. The molecule has 7 heteroatoms. The molecule has 0 aliphatic heterocycles. The van der Waals surface area contributed by atoms with Crippen LogP contribution < -0.4 is 10.6 Å². The van der Waals surface area contributed by atoms with Gasteiger partial charge in [0.15, 0.2) is 5.82 Å². The van der Waals surface area contributed by atoms with Crippen LogP contribution in [0.3, 0.4) is 0 Å². The molecular weight excluding hydrogens is 232 g/mol. The van der Waals surface area contributed by atoms with Crippen LogP contribution in [-0.2, 0) is 6.54 Å². The van der Waals surface area contributed by atoms with Crippen molar-refractivity contribution >= 4 is 11.6 Å². The molecule has 2 heterocycles. The summed E-state index contributed by atoms with van der Waals surface area (Å²) in [4.78, 5) is 12.3. The summed E-state index contributed by atoms with van der Waals surface area (Å²) in [6, 6.07) is 0. The van der Waals surface area contributed by atoms with Crippen molar-refractivity contribution in [2.24, 2.45) is 0 Å². The van der Waals surface area contributed by atoms with Gasteiger partial charge in [-0.3, -0.25) is 0 Å². The highest BCUT2D eigenvalue weighted by Gasteiger charge is 2.07.